The van der Waals surface area contributed by atoms with Gasteiger partial charge in [0.25, 0.3) is 0 Å². The van der Waals surface area contributed by atoms with Crippen molar-refractivity contribution in [3.8, 4) is 39.1 Å². The Morgan fingerprint density at radius 3 is 1.55 bits per heavy atom. The highest BCUT2D eigenvalue weighted by Gasteiger charge is 2.22. The van der Waals surface area contributed by atoms with Gasteiger partial charge in [0, 0.05) is 33.3 Å². The fourth-order valence-electron chi connectivity index (χ4n) is 9.76. The molecule has 290 valence electrons. The van der Waals surface area contributed by atoms with Crippen LogP contribution in [0.25, 0.3) is 93.2 Å². The molecule has 0 saturated carbocycles. The summed E-state index contributed by atoms with van der Waals surface area (Å²) in [5.74, 6) is 0. The molecule has 12 aromatic rings. The maximum atomic E-state index is 2.45. The summed E-state index contributed by atoms with van der Waals surface area (Å²) in [6, 6.07) is 88.6. The quantitative estimate of drug-likeness (QED) is 0.146. The van der Waals surface area contributed by atoms with Crippen molar-refractivity contribution in [2.75, 3.05) is 4.90 Å². The van der Waals surface area contributed by atoms with E-state index in [2.05, 4.69) is 252 Å². The van der Waals surface area contributed by atoms with Crippen molar-refractivity contribution >= 4 is 71.2 Å². The van der Waals surface area contributed by atoms with E-state index in [-0.39, 0.29) is 0 Å². The molecule has 0 aliphatic rings. The number of aromatic nitrogens is 1. The van der Waals surface area contributed by atoms with Gasteiger partial charge < -0.3 is 9.47 Å². The number of nitrogens with zero attached hydrogens (tertiary/aromatic N) is 2. The van der Waals surface area contributed by atoms with E-state index in [4.69, 9.17) is 0 Å². The van der Waals surface area contributed by atoms with E-state index in [0.29, 0.717) is 0 Å². The first kappa shape index (κ1) is 35.7. The summed E-state index contributed by atoms with van der Waals surface area (Å²) in [7, 11) is 0. The molecular formula is C60H40N2. The zero-order valence-corrected chi connectivity index (χ0v) is 34.0. The molecule has 2 heteroatoms. The Morgan fingerprint density at radius 1 is 0.290 bits per heavy atom. The van der Waals surface area contributed by atoms with Gasteiger partial charge in [0.2, 0.25) is 0 Å². The average Bonchev–Trinajstić information content (AvgIpc) is 3.69. The number of rotatable bonds is 7. The Labute approximate surface area is 360 Å². The van der Waals surface area contributed by atoms with Crippen molar-refractivity contribution in [1.29, 1.82) is 0 Å². The van der Waals surface area contributed by atoms with Crippen LogP contribution < -0.4 is 4.90 Å². The van der Waals surface area contributed by atoms with E-state index in [0.717, 1.165) is 33.9 Å². The van der Waals surface area contributed by atoms with Gasteiger partial charge in [0.15, 0.2) is 0 Å². The molecule has 12 rings (SSSR count). The van der Waals surface area contributed by atoms with Gasteiger partial charge in [0.05, 0.1) is 22.4 Å². The molecule has 1 aromatic heterocycles. The van der Waals surface area contributed by atoms with E-state index < -0.39 is 0 Å². The first-order chi connectivity index (χ1) is 30.8. The molecular weight excluding hydrogens is 749 g/mol. The number of fused-ring (bicyclic) bond motifs is 8. The van der Waals surface area contributed by atoms with Gasteiger partial charge in [-0.05, 0) is 103 Å². The highest BCUT2D eigenvalue weighted by Crippen LogP contribution is 2.46. The number of benzene rings is 11. The minimum absolute atomic E-state index is 1.08. The Kier molecular flexibility index (Phi) is 8.53. The molecule has 0 bridgehead atoms. The molecule has 11 aromatic carbocycles. The van der Waals surface area contributed by atoms with Crippen LogP contribution in [0.4, 0.5) is 17.1 Å². The van der Waals surface area contributed by atoms with Crippen LogP contribution in [0.1, 0.15) is 0 Å². The summed E-state index contributed by atoms with van der Waals surface area (Å²) in [6.45, 7) is 0. The third kappa shape index (κ3) is 5.88. The summed E-state index contributed by atoms with van der Waals surface area (Å²) >= 11 is 0. The Hall–Kier alpha value is -8.20. The first-order valence-electron chi connectivity index (χ1n) is 21.3. The van der Waals surface area contributed by atoms with Crippen LogP contribution in [0.15, 0.2) is 243 Å². The standard InChI is InChI=1S/C60H40N2/c1-3-17-41(18-4-1)48-22-9-13-27-56(48)61(46-35-37-50-45(39-46)34-33-44-32-31-43-21-7-8-23-49(43)60(44)50)47-36-38-51(55(40-47)42-19-5-2-6-20-42)52-24-10-14-28-57(52)62-58-29-15-11-25-53(58)54-26-12-16-30-59(54)62/h1-40H. The third-order valence-electron chi connectivity index (χ3n) is 12.6. The second kappa shape index (κ2) is 14.8. The monoisotopic (exact) mass is 788 g/mol. The fraction of sp³-hybridized carbons (Fsp3) is 0. The topological polar surface area (TPSA) is 8.17 Å². The lowest BCUT2D eigenvalue weighted by molar-refractivity contribution is 1.18. The van der Waals surface area contributed by atoms with Gasteiger partial charge in [0.1, 0.15) is 0 Å². The van der Waals surface area contributed by atoms with Gasteiger partial charge in [-0.1, -0.05) is 194 Å². The summed E-state index contributed by atoms with van der Waals surface area (Å²) in [5.41, 5.74) is 13.8. The lowest BCUT2D eigenvalue weighted by Crippen LogP contribution is -2.11. The van der Waals surface area contributed by atoms with Crippen LogP contribution in [0.3, 0.4) is 0 Å². The summed E-state index contributed by atoms with van der Waals surface area (Å²) in [6.07, 6.45) is 0. The molecule has 0 atom stereocenters. The zero-order valence-electron chi connectivity index (χ0n) is 34.0. The normalized spacial score (nSPS) is 11.5. The first-order valence-corrected chi connectivity index (χ1v) is 21.3. The van der Waals surface area contributed by atoms with Gasteiger partial charge in [-0.3, -0.25) is 0 Å². The second-order valence-electron chi connectivity index (χ2n) is 16.1. The number of anilines is 3. The molecule has 0 aliphatic heterocycles. The minimum Gasteiger partial charge on any atom is -0.310 e. The van der Waals surface area contributed by atoms with E-state index in [9.17, 15) is 0 Å². The molecule has 0 N–H and O–H groups in total. The molecule has 0 amide bonds. The molecule has 0 saturated heterocycles. The predicted molar refractivity (Wildman–Crippen MR) is 264 cm³/mol. The largest absolute Gasteiger partial charge is 0.310 e. The average molecular weight is 789 g/mol. The van der Waals surface area contributed by atoms with Crippen molar-refractivity contribution in [1.82, 2.24) is 4.57 Å². The number of hydrogen-bond acceptors (Lipinski definition) is 1. The molecule has 2 nitrogen and oxygen atoms in total. The second-order valence-corrected chi connectivity index (χ2v) is 16.1. The Bertz CT molecular complexity index is 3580. The van der Waals surface area contributed by atoms with Crippen LogP contribution in [-0.4, -0.2) is 4.57 Å². The SMILES string of the molecule is c1ccc(-c2cc(N(c3ccc4c(ccc5ccc6ccccc6c54)c3)c3ccccc3-c3ccccc3)ccc2-c2ccccc2-n2c3ccccc3c3ccccc32)cc1. The third-order valence-corrected chi connectivity index (χ3v) is 12.6. The zero-order chi connectivity index (χ0) is 41.0. The van der Waals surface area contributed by atoms with Gasteiger partial charge in [-0.25, -0.2) is 0 Å². The highest BCUT2D eigenvalue weighted by atomic mass is 15.1. The number of hydrogen-bond donors (Lipinski definition) is 0. The molecule has 0 aliphatic carbocycles. The van der Waals surface area contributed by atoms with E-state index in [1.165, 1.54) is 76.4 Å². The van der Waals surface area contributed by atoms with E-state index >= 15 is 0 Å². The number of para-hydroxylation sites is 4. The van der Waals surface area contributed by atoms with Crippen LogP contribution in [0.5, 0.6) is 0 Å². The summed E-state index contributed by atoms with van der Waals surface area (Å²) < 4.78 is 2.44. The fourth-order valence-corrected chi connectivity index (χ4v) is 9.76. The van der Waals surface area contributed by atoms with Crippen molar-refractivity contribution in [3.05, 3.63) is 243 Å². The molecule has 0 fully saturated rings. The maximum absolute atomic E-state index is 2.45. The summed E-state index contributed by atoms with van der Waals surface area (Å²) in [4.78, 5) is 2.45. The van der Waals surface area contributed by atoms with Crippen LogP contribution in [0.2, 0.25) is 0 Å². The van der Waals surface area contributed by atoms with Gasteiger partial charge >= 0.3 is 0 Å². The predicted octanol–water partition coefficient (Wildman–Crippen LogP) is 16.7. The molecule has 62 heavy (non-hydrogen) atoms. The smallest absolute Gasteiger partial charge is 0.0541 e. The summed E-state index contributed by atoms with van der Waals surface area (Å²) in [5, 5.41) is 10.0. The van der Waals surface area contributed by atoms with E-state index in [1.807, 2.05) is 0 Å². The van der Waals surface area contributed by atoms with Crippen molar-refractivity contribution in [2.45, 2.75) is 0 Å². The van der Waals surface area contributed by atoms with Crippen LogP contribution in [-0.2, 0) is 0 Å². The Morgan fingerprint density at radius 2 is 0.806 bits per heavy atom. The lowest BCUT2D eigenvalue weighted by atomic mass is 9.92. The van der Waals surface area contributed by atoms with E-state index in [1.54, 1.807) is 0 Å². The van der Waals surface area contributed by atoms with Crippen LogP contribution >= 0.6 is 0 Å². The molecule has 1 heterocycles. The Balaban J connectivity index is 1.11. The maximum Gasteiger partial charge on any atom is 0.0541 e. The highest BCUT2D eigenvalue weighted by molar-refractivity contribution is 6.20. The van der Waals surface area contributed by atoms with Crippen LogP contribution in [0, 0.1) is 0 Å². The minimum atomic E-state index is 1.08. The van der Waals surface area contributed by atoms with Gasteiger partial charge in [-0.2, -0.15) is 0 Å². The molecule has 0 unspecified atom stereocenters. The van der Waals surface area contributed by atoms with Crippen molar-refractivity contribution < 1.29 is 0 Å². The molecule has 0 radical (unpaired) electrons. The lowest BCUT2D eigenvalue weighted by Gasteiger charge is -2.29. The van der Waals surface area contributed by atoms with Crippen molar-refractivity contribution in [2.24, 2.45) is 0 Å². The van der Waals surface area contributed by atoms with Gasteiger partial charge in [-0.15, -0.1) is 0 Å². The molecule has 0 spiro atoms. The van der Waals surface area contributed by atoms with Crippen molar-refractivity contribution in [3.63, 3.8) is 0 Å².